The van der Waals surface area contributed by atoms with Gasteiger partial charge in [0.25, 0.3) is 0 Å². The number of benzene rings is 1. The summed E-state index contributed by atoms with van der Waals surface area (Å²) in [4.78, 5) is 17.5. The van der Waals surface area contributed by atoms with Crippen LogP contribution >= 0.6 is 0 Å². The summed E-state index contributed by atoms with van der Waals surface area (Å²) >= 11 is 0. The van der Waals surface area contributed by atoms with Crippen LogP contribution in [0.2, 0.25) is 0 Å². The average molecular weight is 471 g/mol. The van der Waals surface area contributed by atoms with E-state index in [9.17, 15) is 22.4 Å². The lowest BCUT2D eigenvalue weighted by molar-refractivity contribution is -0.111. The van der Waals surface area contributed by atoms with Gasteiger partial charge in [0.05, 0.1) is 24.1 Å². The van der Waals surface area contributed by atoms with Gasteiger partial charge in [-0.1, -0.05) is 6.07 Å². The fourth-order valence-corrected chi connectivity index (χ4v) is 3.87. The lowest BCUT2D eigenvalue weighted by Crippen LogP contribution is -2.54. The fourth-order valence-electron chi connectivity index (χ4n) is 3.87. The van der Waals surface area contributed by atoms with E-state index in [0.717, 1.165) is 25.1 Å². The van der Waals surface area contributed by atoms with Gasteiger partial charge in [-0.15, -0.1) is 0 Å². The number of hydrogen-bond acceptors (Lipinski definition) is 4. The Morgan fingerprint density at radius 3 is 2.68 bits per heavy atom. The first kappa shape index (κ1) is 22.3. The molecule has 10 heteroatoms. The molecule has 6 nitrogen and oxygen atoms in total. The van der Waals surface area contributed by atoms with Crippen LogP contribution in [-0.4, -0.2) is 44.6 Å². The molecule has 1 N–H and O–H groups in total. The summed E-state index contributed by atoms with van der Waals surface area (Å²) in [7, 11) is 0. The van der Waals surface area contributed by atoms with E-state index < -0.39 is 30.0 Å². The van der Waals surface area contributed by atoms with Crippen molar-refractivity contribution in [2.45, 2.75) is 37.9 Å². The number of nitrogens with zero attached hydrogens (tertiary/aromatic N) is 4. The highest BCUT2D eigenvalue weighted by Gasteiger charge is 2.39. The van der Waals surface area contributed by atoms with Gasteiger partial charge >= 0.3 is 0 Å². The second-order valence-electron chi connectivity index (χ2n) is 8.48. The van der Waals surface area contributed by atoms with Crippen molar-refractivity contribution in [3.63, 3.8) is 0 Å². The first-order chi connectivity index (χ1) is 16.4. The molecule has 1 aromatic carbocycles. The summed E-state index contributed by atoms with van der Waals surface area (Å²) < 4.78 is 57.1. The molecule has 176 valence electrons. The predicted octanol–water partition coefficient (Wildman–Crippen LogP) is 4.66. The number of aromatic nitrogens is 3. The molecule has 1 amide bonds. The van der Waals surface area contributed by atoms with E-state index in [-0.39, 0.29) is 24.3 Å². The van der Waals surface area contributed by atoms with Gasteiger partial charge in [0.15, 0.2) is 12.5 Å². The SMILES string of the molecule is O=C(C=Cc1cncc(F)c1-c1cnn(C2CC2)c1)Nc1ccc(CN2CC(F)C2F)cc1F. The zero-order valence-electron chi connectivity index (χ0n) is 18.0. The van der Waals surface area contributed by atoms with Crippen LogP contribution in [0.15, 0.2) is 49.1 Å². The second-order valence-corrected chi connectivity index (χ2v) is 8.48. The first-order valence-corrected chi connectivity index (χ1v) is 10.9. The molecular weight excluding hydrogens is 450 g/mol. The van der Waals surface area contributed by atoms with Crippen LogP contribution < -0.4 is 5.32 Å². The van der Waals surface area contributed by atoms with Crippen molar-refractivity contribution in [3.05, 3.63) is 71.8 Å². The largest absolute Gasteiger partial charge is 0.320 e. The molecule has 1 aliphatic carbocycles. The summed E-state index contributed by atoms with van der Waals surface area (Å²) in [5.41, 5.74) is 1.62. The number of anilines is 1. The van der Waals surface area contributed by atoms with Crippen LogP contribution in [0.5, 0.6) is 0 Å². The molecular formula is C24H21F4N5O. The minimum atomic E-state index is -1.68. The minimum Gasteiger partial charge on any atom is -0.320 e. The van der Waals surface area contributed by atoms with E-state index in [1.54, 1.807) is 17.1 Å². The van der Waals surface area contributed by atoms with Crippen molar-refractivity contribution < 1.29 is 22.4 Å². The van der Waals surface area contributed by atoms with E-state index in [4.69, 9.17) is 0 Å². The molecule has 0 bridgehead atoms. The highest BCUT2D eigenvalue weighted by molar-refractivity contribution is 6.02. The lowest BCUT2D eigenvalue weighted by atomic mass is 10.0. The van der Waals surface area contributed by atoms with E-state index >= 15 is 0 Å². The highest BCUT2D eigenvalue weighted by Crippen LogP contribution is 2.36. The van der Waals surface area contributed by atoms with Gasteiger partial charge in [0.1, 0.15) is 11.6 Å². The number of alkyl halides is 2. The van der Waals surface area contributed by atoms with Crippen LogP contribution in [0.1, 0.15) is 30.0 Å². The number of pyridine rings is 1. The van der Waals surface area contributed by atoms with Crippen molar-refractivity contribution in [1.82, 2.24) is 19.7 Å². The normalized spacial score (nSPS) is 20.5. The van der Waals surface area contributed by atoms with Crippen LogP contribution in [0.25, 0.3) is 17.2 Å². The third kappa shape index (κ3) is 4.58. The Morgan fingerprint density at radius 1 is 1.15 bits per heavy atom. The summed E-state index contributed by atoms with van der Waals surface area (Å²) in [6.45, 7) is 0.0314. The number of carbonyl (C=O) groups is 1. The number of rotatable bonds is 7. The van der Waals surface area contributed by atoms with E-state index in [2.05, 4.69) is 15.4 Å². The Hall–Kier alpha value is -3.53. The molecule has 3 heterocycles. The number of halogens is 4. The van der Waals surface area contributed by atoms with Crippen molar-refractivity contribution >= 4 is 17.7 Å². The Balaban J connectivity index is 1.27. The average Bonchev–Trinajstić information content (AvgIpc) is 3.56. The molecule has 0 radical (unpaired) electrons. The van der Waals surface area contributed by atoms with Gasteiger partial charge in [0.2, 0.25) is 5.91 Å². The zero-order chi connectivity index (χ0) is 23.8. The molecule has 1 saturated carbocycles. The number of nitrogens with one attached hydrogen (secondary N) is 1. The molecule has 3 aromatic rings. The van der Waals surface area contributed by atoms with Gasteiger partial charge in [-0.25, -0.2) is 17.6 Å². The first-order valence-electron chi connectivity index (χ1n) is 10.9. The lowest BCUT2D eigenvalue weighted by Gasteiger charge is -2.38. The van der Waals surface area contributed by atoms with Gasteiger partial charge in [0, 0.05) is 48.2 Å². The fraction of sp³-hybridized carbons (Fsp3) is 0.292. The van der Waals surface area contributed by atoms with Crippen molar-refractivity contribution in [3.8, 4) is 11.1 Å². The number of amides is 1. The Kier molecular flexibility index (Phi) is 5.91. The second kappa shape index (κ2) is 9.02. The third-order valence-corrected chi connectivity index (χ3v) is 5.89. The number of likely N-dealkylation sites (tertiary alicyclic amines) is 1. The van der Waals surface area contributed by atoms with Crippen molar-refractivity contribution in [2.75, 3.05) is 11.9 Å². The Bertz CT molecular complexity index is 1260. The molecule has 34 heavy (non-hydrogen) atoms. The third-order valence-electron chi connectivity index (χ3n) is 5.89. The van der Waals surface area contributed by atoms with Crippen LogP contribution in [-0.2, 0) is 11.3 Å². The van der Waals surface area contributed by atoms with Gasteiger partial charge in [-0.3, -0.25) is 19.4 Å². The van der Waals surface area contributed by atoms with E-state index in [1.165, 1.54) is 35.4 Å². The molecule has 2 aromatic heterocycles. The Labute approximate surface area is 192 Å². The quantitative estimate of drug-likeness (QED) is 0.309. The Morgan fingerprint density at radius 2 is 1.97 bits per heavy atom. The van der Waals surface area contributed by atoms with E-state index in [0.29, 0.717) is 22.7 Å². The zero-order valence-corrected chi connectivity index (χ0v) is 18.0. The molecule has 2 aliphatic rings. The summed E-state index contributed by atoms with van der Waals surface area (Å²) in [5.74, 6) is -1.87. The van der Waals surface area contributed by atoms with E-state index in [1.807, 2.05) is 0 Å². The predicted molar refractivity (Wildman–Crippen MR) is 118 cm³/mol. The van der Waals surface area contributed by atoms with Crippen LogP contribution in [0, 0.1) is 11.6 Å². The van der Waals surface area contributed by atoms with Gasteiger partial charge in [-0.2, -0.15) is 5.10 Å². The molecule has 5 rings (SSSR count). The van der Waals surface area contributed by atoms with Gasteiger partial charge in [-0.05, 0) is 36.6 Å². The number of carbonyl (C=O) groups excluding carboxylic acids is 1. The molecule has 0 spiro atoms. The summed E-state index contributed by atoms with van der Waals surface area (Å²) in [6, 6.07) is 4.41. The number of hydrogen-bond donors (Lipinski definition) is 1. The molecule has 2 fully saturated rings. The maximum absolute atomic E-state index is 14.6. The van der Waals surface area contributed by atoms with Crippen LogP contribution in [0.3, 0.4) is 0 Å². The standard InChI is InChI=1S/C24H21F4N5O/c25-18-7-14(11-32-13-20(27)24(32)28)1-5-21(18)31-22(34)6-2-15-8-29-10-19(26)23(15)16-9-30-33(12-16)17-3-4-17/h1-2,5-10,12,17,20,24H,3-4,11,13H2,(H,31,34). The molecule has 2 unspecified atom stereocenters. The van der Waals surface area contributed by atoms with Gasteiger partial charge < -0.3 is 5.32 Å². The molecule has 1 aliphatic heterocycles. The monoisotopic (exact) mass is 471 g/mol. The summed E-state index contributed by atoms with van der Waals surface area (Å²) in [5, 5.41) is 6.71. The molecule has 2 atom stereocenters. The molecule has 1 saturated heterocycles. The van der Waals surface area contributed by atoms with Crippen LogP contribution in [0.4, 0.5) is 23.2 Å². The maximum Gasteiger partial charge on any atom is 0.248 e. The minimum absolute atomic E-state index is 0.0373. The summed E-state index contributed by atoms with van der Waals surface area (Å²) in [6.07, 6.45) is 7.31. The topological polar surface area (TPSA) is 63.1 Å². The highest BCUT2D eigenvalue weighted by atomic mass is 19.2. The van der Waals surface area contributed by atoms with Crippen molar-refractivity contribution in [1.29, 1.82) is 0 Å². The smallest absolute Gasteiger partial charge is 0.248 e. The van der Waals surface area contributed by atoms with Crippen molar-refractivity contribution in [2.24, 2.45) is 0 Å². The maximum atomic E-state index is 14.6.